The van der Waals surface area contributed by atoms with Crippen LogP contribution in [0.2, 0.25) is 0 Å². The van der Waals surface area contributed by atoms with Crippen molar-refractivity contribution in [2.45, 2.75) is 47.6 Å². The number of carbonyl (C=O) groups is 1. The fourth-order valence-electron chi connectivity index (χ4n) is 2.64. The molecule has 0 saturated carbocycles. The number of aliphatic hydroxyl groups excluding tert-OH is 1. The van der Waals surface area contributed by atoms with Gasteiger partial charge in [0.25, 0.3) is 0 Å². The van der Waals surface area contributed by atoms with Gasteiger partial charge in [-0.15, -0.1) is 22.7 Å². The van der Waals surface area contributed by atoms with Crippen LogP contribution in [0.4, 0.5) is 0 Å². The minimum atomic E-state index is -1.05. The maximum absolute atomic E-state index is 12.7. The van der Waals surface area contributed by atoms with Crippen LogP contribution in [0.1, 0.15) is 52.7 Å². The highest BCUT2D eigenvalue weighted by atomic mass is 32.1. The number of ketones is 1. The van der Waals surface area contributed by atoms with Crippen LogP contribution in [0.3, 0.4) is 0 Å². The molecule has 0 aliphatic heterocycles. The van der Waals surface area contributed by atoms with Gasteiger partial charge in [0.2, 0.25) is 0 Å². The highest BCUT2D eigenvalue weighted by molar-refractivity contribution is 7.12. The zero-order valence-corrected chi connectivity index (χ0v) is 14.4. The van der Waals surface area contributed by atoms with Crippen molar-refractivity contribution in [1.82, 2.24) is 0 Å². The lowest BCUT2D eigenvalue weighted by Gasteiger charge is -2.12. The first-order chi connectivity index (χ1) is 9.25. The van der Waals surface area contributed by atoms with Gasteiger partial charge in [0, 0.05) is 30.6 Å². The summed E-state index contributed by atoms with van der Waals surface area (Å²) in [5, 5.41) is 10.5. The van der Waals surface area contributed by atoms with E-state index in [0.29, 0.717) is 5.56 Å². The van der Waals surface area contributed by atoms with E-state index in [1.807, 2.05) is 41.5 Å². The van der Waals surface area contributed by atoms with Crippen molar-refractivity contribution in [2.75, 3.05) is 0 Å². The van der Waals surface area contributed by atoms with Crippen molar-refractivity contribution in [2.24, 2.45) is 0 Å². The molecule has 108 valence electrons. The molecular weight excluding hydrogens is 288 g/mol. The highest BCUT2D eigenvalue weighted by Gasteiger charge is 2.28. The van der Waals surface area contributed by atoms with E-state index in [4.69, 9.17) is 0 Å². The van der Waals surface area contributed by atoms with Gasteiger partial charge in [0.1, 0.15) is 6.10 Å². The third-order valence-electron chi connectivity index (χ3n) is 3.95. The van der Waals surface area contributed by atoms with Gasteiger partial charge in [-0.3, -0.25) is 4.79 Å². The molecule has 0 saturated heterocycles. The van der Waals surface area contributed by atoms with Gasteiger partial charge in [0.15, 0.2) is 5.78 Å². The molecule has 1 unspecified atom stereocenters. The van der Waals surface area contributed by atoms with Crippen LogP contribution < -0.4 is 0 Å². The molecule has 0 aliphatic rings. The average Bonchev–Trinajstić information content (AvgIpc) is 2.76. The van der Waals surface area contributed by atoms with Crippen LogP contribution in [0.5, 0.6) is 0 Å². The standard InChI is InChI=1S/C16H20O2S2/c1-7-9(3)19-11(5)13(7)15(17)16(18)14-8(2)10(4)20-12(14)6/h15,17H,1-6H3. The van der Waals surface area contributed by atoms with E-state index in [-0.39, 0.29) is 5.78 Å². The summed E-state index contributed by atoms with van der Waals surface area (Å²) in [6.45, 7) is 11.9. The summed E-state index contributed by atoms with van der Waals surface area (Å²) in [4.78, 5) is 17.0. The molecule has 0 radical (unpaired) electrons. The molecular formula is C16H20O2S2. The van der Waals surface area contributed by atoms with Crippen LogP contribution in [0, 0.1) is 41.5 Å². The van der Waals surface area contributed by atoms with Crippen molar-refractivity contribution in [3.63, 3.8) is 0 Å². The summed E-state index contributed by atoms with van der Waals surface area (Å²) in [5.41, 5.74) is 3.53. The Morgan fingerprint density at radius 2 is 1.35 bits per heavy atom. The lowest BCUT2D eigenvalue weighted by molar-refractivity contribution is 0.0745. The number of rotatable bonds is 3. The van der Waals surface area contributed by atoms with Crippen molar-refractivity contribution in [1.29, 1.82) is 0 Å². The topological polar surface area (TPSA) is 37.3 Å². The van der Waals surface area contributed by atoms with Crippen LogP contribution >= 0.6 is 22.7 Å². The molecule has 20 heavy (non-hydrogen) atoms. The van der Waals surface area contributed by atoms with Gasteiger partial charge in [-0.1, -0.05) is 0 Å². The molecule has 0 bridgehead atoms. The van der Waals surface area contributed by atoms with Crippen molar-refractivity contribution >= 4 is 28.5 Å². The zero-order chi connectivity index (χ0) is 15.2. The summed E-state index contributed by atoms with van der Waals surface area (Å²) in [6, 6.07) is 0. The van der Waals surface area contributed by atoms with Gasteiger partial charge >= 0.3 is 0 Å². The minimum absolute atomic E-state index is 0.173. The normalized spacial score (nSPS) is 12.8. The first kappa shape index (κ1) is 15.4. The Kier molecular flexibility index (Phi) is 4.19. The van der Waals surface area contributed by atoms with E-state index in [9.17, 15) is 9.90 Å². The molecule has 1 atom stereocenters. The number of hydrogen-bond donors (Lipinski definition) is 1. The van der Waals surface area contributed by atoms with Crippen molar-refractivity contribution in [3.8, 4) is 0 Å². The number of aliphatic hydroxyl groups is 1. The first-order valence-corrected chi connectivity index (χ1v) is 8.24. The lowest BCUT2D eigenvalue weighted by Crippen LogP contribution is -2.15. The lowest BCUT2D eigenvalue weighted by atomic mass is 9.95. The molecule has 0 amide bonds. The Hall–Kier alpha value is -0.970. The number of aryl methyl sites for hydroxylation is 4. The smallest absolute Gasteiger partial charge is 0.197 e. The summed E-state index contributed by atoms with van der Waals surface area (Å²) >= 11 is 3.26. The summed E-state index contributed by atoms with van der Waals surface area (Å²) in [6.07, 6.45) is -1.05. The number of Topliss-reactive ketones (excluding diaryl/α,β-unsaturated/α-hetero) is 1. The first-order valence-electron chi connectivity index (χ1n) is 6.61. The molecule has 2 rings (SSSR count). The summed E-state index contributed by atoms with van der Waals surface area (Å²) < 4.78 is 0. The molecule has 2 nitrogen and oxygen atoms in total. The van der Waals surface area contributed by atoms with E-state index in [2.05, 4.69) is 0 Å². The zero-order valence-electron chi connectivity index (χ0n) is 12.7. The molecule has 4 heteroatoms. The molecule has 2 aromatic rings. The molecule has 0 spiro atoms. The maximum atomic E-state index is 12.7. The van der Waals surface area contributed by atoms with Gasteiger partial charge in [-0.2, -0.15) is 0 Å². The van der Waals surface area contributed by atoms with Gasteiger partial charge < -0.3 is 5.11 Å². The van der Waals surface area contributed by atoms with Gasteiger partial charge in [-0.05, 0) is 52.7 Å². The van der Waals surface area contributed by atoms with Gasteiger partial charge in [0.05, 0.1) is 0 Å². The number of carbonyl (C=O) groups excluding carboxylic acids is 1. The Balaban J connectivity index is 2.48. The van der Waals surface area contributed by atoms with Crippen LogP contribution in [0.25, 0.3) is 0 Å². The predicted molar refractivity (Wildman–Crippen MR) is 86.4 cm³/mol. The molecule has 0 aliphatic carbocycles. The second-order valence-corrected chi connectivity index (χ2v) is 8.09. The Bertz CT molecular complexity index is 677. The van der Waals surface area contributed by atoms with Crippen molar-refractivity contribution < 1.29 is 9.90 Å². The molecule has 0 fully saturated rings. The van der Waals surface area contributed by atoms with Gasteiger partial charge in [-0.25, -0.2) is 0 Å². The molecule has 2 heterocycles. The fraction of sp³-hybridized carbons (Fsp3) is 0.438. The minimum Gasteiger partial charge on any atom is -0.380 e. The monoisotopic (exact) mass is 308 g/mol. The summed E-state index contributed by atoms with van der Waals surface area (Å²) in [5.74, 6) is -0.173. The van der Waals surface area contributed by atoms with Crippen LogP contribution in [-0.4, -0.2) is 10.9 Å². The van der Waals surface area contributed by atoms with E-state index in [0.717, 1.165) is 31.3 Å². The fourth-order valence-corrected chi connectivity index (χ4v) is 4.80. The van der Waals surface area contributed by atoms with E-state index in [1.165, 1.54) is 4.88 Å². The van der Waals surface area contributed by atoms with E-state index in [1.54, 1.807) is 22.7 Å². The quantitative estimate of drug-likeness (QED) is 0.843. The predicted octanol–water partition coefficient (Wildman–Crippen LogP) is 4.58. The molecule has 2 aromatic heterocycles. The van der Waals surface area contributed by atoms with Crippen LogP contribution in [-0.2, 0) is 0 Å². The third-order valence-corrected chi connectivity index (χ3v) is 6.21. The van der Waals surface area contributed by atoms with E-state index >= 15 is 0 Å². The third kappa shape index (κ3) is 2.36. The number of thiophene rings is 2. The Morgan fingerprint density at radius 3 is 1.75 bits per heavy atom. The Labute approximate surface area is 128 Å². The largest absolute Gasteiger partial charge is 0.380 e. The Morgan fingerprint density at radius 1 is 0.850 bits per heavy atom. The number of hydrogen-bond acceptors (Lipinski definition) is 4. The maximum Gasteiger partial charge on any atom is 0.197 e. The molecule has 1 N–H and O–H groups in total. The highest BCUT2D eigenvalue weighted by Crippen LogP contribution is 2.36. The SMILES string of the molecule is Cc1sc(C)c(C(=O)C(O)c2c(C)sc(C)c2C)c1C. The van der Waals surface area contributed by atoms with E-state index < -0.39 is 6.10 Å². The summed E-state index contributed by atoms with van der Waals surface area (Å²) in [7, 11) is 0. The van der Waals surface area contributed by atoms with Crippen molar-refractivity contribution in [3.05, 3.63) is 41.8 Å². The average molecular weight is 308 g/mol. The second kappa shape index (κ2) is 5.43. The van der Waals surface area contributed by atoms with Crippen LogP contribution in [0.15, 0.2) is 0 Å². The molecule has 0 aromatic carbocycles. The second-order valence-electron chi connectivity index (χ2n) is 5.23.